The number of rotatable bonds is 5. The van der Waals surface area contributed by atoms with Gasteiger partial charge in [-0.1, -0.05) is 48.5 Å². The van der Waals surface area contributed by atoms with Crippen molar-refractivity contribution in [2.75, 3.05) is 4.72 Å². The topological polar surface area (TPSA) is 88.4 Å². The molecule has 136 valence electrons. The lowest BCUT2D eigenvalue weighted by Crippen LogP contribution is -2.15. The molecule has 4 rings (SSSR count). The van der Waals surface area contributed by atoms with E-state index in [1.54, 1.807) is 48.7 Å². The Bertz CT molecular complexity index is 1270. The second-order valence-corrected chi connectivity index (χ2v) is 7.81. The summed E-state index contributed by atoms with van der Waals surface area (Å²) in [5, 5.41) is 11.3. The van der Waals surface area contributed by atoms with Gasteiger partial charge in [0.25, 0.3) is 10.0 Å². The monoisotopic (exact) mass is 380 g/mol. The molecule has 27 heavy (non-hydrogen) atoms. The summed E-state index contributed by atoms with van der Waals surface area (Å²) in [5.41, 5.74) is 0.871. The number of aromatic nitrogens is 1. The number of hydrogen-bond donors (Lipinski definition) is 2. The van der Waals surface area contributed by atoms with E-state index >= 15 is 0 Å². The maximum atomic E-state index is 13.1. The number of hydrogen-bond acceptors (Lipinski definition) is 3. The molecule has 0 unspecified atom stereocenters. The fourth-order valence-electron chi connectivity index (χ4n) is 3.25. The van der Waals surface area contributed by atoms with Gasteiger partial charge in [0.05, 0.1) is 16.1 Å². The summed E-state index contributed by atoms with van der Waals surface area (Å²) in [6, 6.07) is 19.3. The number of carboxylic acids is 1. The number of anilines is 1. The Kier molecular flexibility index (Phi) is 4.08. The molecule has 1 heterocycles. The van der Waals surface area contributed by atoms with Crippen LogP contribution in [0.25, 0.3) is 21.7 Å². The first-order chi connectivity index (χ1) is 13.0. The molecule has 0 saturated heterocycles. The Balaban J connectivity index is 1.83. The van der Waals surface area contributed by atoms with Crippen LogP contribution in [0.1, 0.15) is 0 Å². The highest BCUT2D eigenvalue weighted by Crippen LogP contribution is 2.29. The van der Waals surface area contributed by atoms with Crippen LogP contribution in [0, 0.1) is 0 Å². The van der Waals surface area contributed by atoms with Crippen LogP contribution >= 0.6 is 0 Å². The Hall–Kier alpha value is -3.32. The highest BCUT2D eigenvalue weighted by molar-refractivity contribution is 7.93. The largest absolute Gasteiger partial charge is 0.480 e. The SMILES string of the molecule is O=C(O)Cn1ccc2cccc(NS(=O)(=O)c3cccc4ccccc34)c21. The summed E-state index contributed by atoms with van der Waals surface area (Å²) in [5.74, 6) is -1.00. The third-order valence-electron chi connectivity index (χ3n) is 4.38. The fourth-order valence-corrected chi connectivity index (χ4v) is 4.55. The number of carbonyl (C=O) groups is 1. The molecule has 0 fully saturated rings. The highest BCUT2D eigenvalue weighted by atomic mass is 32.2. The first-order valence-corrected chi connectivity index (χ1v) is 9.74. The van der Waals surface area contributed by atoms with E-state index in [2.05, 4.69) is 4.72 Å². The van der Waals surface area contributed by atoms with E-state index in [1.165, 1.54) is 4.57 Å². The van der Waals surface area contributed by atoms with E-state index in [4.69, 9.17) is 5.11 Å². The van der Waals surface area contributed by atoms with Crippen molar-refractivity contribution in [3.8, 4) is 0 Å². The minimum atomic E-state index is -3.87. The van der Waals surface area contributed by atoms with Crippen LogP contribution in [-0.4, -0.2) is 24.1 Å². The molecule has 0 atom stereocenters. The van der Waals surface area contributed by atoms with Gasteiger partial charge in [0.1, 0.15) is 6.54 Å². The second kappa shape index (κ2) is 6.44. The third kappa shape index (κ3) is 3.13. The first kappa shape index (κ1) is 17.1. The molecule has 3 aromatic carbocycles. The van der Waals surface area contributed by atoms with E-state index in [0.717, 1.165) is 10.8 Å². The zero-order valence-corrected chi connectivity index (χ0v) is 15.0. The maximum absolute atomic E-state index is 13.1. The predicted molar refractivity (Wildman–Crippen MR) is 104 cm³/mol. The Morgan fingerprint density at radius 2 is 1.63 bits per heavy atom. The van der Waals surface area contributed by atoms with E-state index in [9.17, 15) is 13.2 Å². The highest BCUT2D eigenvalue weighted by Gasteiger charge is 2.19. The quantitative estimate of drug-likeness (QED) is 0.553. The summed E-state index contributed by atoms with van der Waals surface area (Å²) in [7, 11) is -3.87. The molecule has 0 radical (unpaired) electrons. The number of aliphatic carboxylic acids is 1. The number of sulfonamides is 1. The Labute approximate surface area is 155 Å². The molecule has 0 amide bonds. The lowest BCUT2D eigenvalue weighted by atomic mass is 10.1. The van der Waals surface area contributed by atoms with E-state index in [0.29, 0.717) is 16.6 Å². The molecule has 2 N–H and O–H groups in total. The van der Waals surface area contributed by atoms with Gasteiger partial charge in [-0.05, 0) is 23.6 Å². The summed E-state index contributed by atoms with van der Waals surface area (Å²) >= 11 is 0. The number of para-hydroxylation sites is 1. The van der Waals surface area contributed by atoms with Gasteiger partial charge in [-0.3, -0.25) is 9.52 Å². The van der Waals surface area contributed by atoms with Gasteiger partial charge in [-0.2, -0.15) is 0 Å². The van der Waals surface area contributed by atoms with Crippen LogP contribution in [0.2, 0.25) is 0 Å². The van der Waals surface area contributed by atoms with Crippen molar-refractivity contribution in [2.24, 2.45) is 0 Å². The second-order valence-electron chi connectivity index (χ2n) is 6.16. The van der Waals surface area contributed by atoms with Crippen molar-refractivity contribution in [1.82, 2.24) is 4.57 Å². The van der Waals surface area contributed by atoms with E-state index in [1.807, 2.05) is 24.3 Å². The third-order valence-corrected chi connectivity index (χ3v) is 5.80. The molecule has 0 saturated carbocycles. The van der Waals surface area contributed by atoms with Crippen molar-refractivity contribution in [3.05, 3.63) is 72.9 Å². The summed E-state index contributed by atoms with van der Waals surface area (Å²) in [6.45, 7) is -0.253. The number of nitrogens with one attached hydrogen (secondary N) is 1. The minimum absolute atomic E-state index is 0.175. The van der Waals surface area contributed by atoms with Crippen molar-refractivity contribution >= 4 is 43.4 Å². The number of nitrogens with zero attached hydrogens (tertiary/aromatic N) is 1. The average molecular weight is 380 g/mol. The molecule has 0 bridgehead atoms. The fraction of sp³-hybridized carbons (Fsp3) is 0.0500. The van der Waals surface area contributed by atoms with Gasteiger partial charge < -0.3 is 9.67 Å². The minimum Gasteiger partial charge on any atom is -0.480 e. The molecule has 0 aliphatic carbocycles. The number of fused-ring (bicyclic) bond motifs is 2. The van der Waals surface area contributed by atoms with Crippen LogP contribution in [0.5, 0.6) is 0 Å². The lowest BCUT2D eigenvalue weighted by molar-refractivity contribution is -0.137. The molecule has 0 spiro atoms. The van der Waals surface area contributed by atoms with Crippen molar-refractivity contribution in [1.29, 1.82) is 0 Å². The maximum Gasteiger partial charge on any atom is 0.323 e. The van der Waals surface area contributed by atoms with E-state index in [-0.39, 0.29) is 11.4 Å². The van der Waals surface area contributed by atoms with Crippen LogP contribution in [-0.2, 0) is 21.4 Å². The normalized spacial score (nSPS) is 11.7. The smallest absolute Gasteiger partial charge is 0.323 e. The van der Waals surface area contributed by atoms with Gasteiger partial charge in [-0.25, -0.2) is 8.42 Å². The van der Waals surface area contributed by atoms with E-state index < -0.39 is 16.0 Å². The van der Waals surface area contributed by atoms with Crippen molar-refractivity contribution in [2.45, 2.75) is 11.4 Å². The van der Waals surface area contributed by atoms with Gasteiger partial charge >= 0.3 is 5.97 Å². The van der Waals surface area contributed by atoms with Gasteiger partial charge in [0, 0.05) is 17.0 Å². The molecule has 0 aliphatic rings. The molecule has 1 aromatic heterocycles. The summed E-state index contributed by atoms with van der Waals surface area (Å²) in [4.78, 5) is 11.3. The van der Waals surface area contributed by atoms with Crippen molar-refractivity contribution in [3.63, 3.8) is 0 Å². The Morgan fingerprint density at radius 3 is 2.44 bits per heavy atom. The molecular formula is C20H16N2O4S. The summed E-state index contributed by atoms with van der Waals surface area (Å²) < 4.78 is 30.3. The molecule has 4 aromatic rings. The predicted octanol–water partition coefficient (Wildman–Crippen LogP) is 3.68. The van der Waals surface area contributed by atoms with Crippen molar-refractivity contribution < 1.29 is 18.3 Å². The van der Waals surface area contributed by atoms with Gasteiger partial charge in [0.15, 0.2) is 0 Å². The molecule has 0 aliphatic heterocycles. The average Bonchev–Trinajstić information content (AvgIpc) is 3.04. The number of benzene rings is 3. The Morgan fingerprint density at radius 1 is 0.926 bits per heavy atom. The van der Waals surface area contributed by atoms with Gasteiger partial charge in [0.2, 0.25) is 0 Å². The van der Waals surface area contributed by atoms with Crippen LogP contribution < -0.4 is 4.72 Å². The zero-order chi connectivity index (χ0) is 19.0. The van der Waals surface area contributed by atoms with Crippen LogP contribution in [0.4, 0.5) is 5.69 Å². The summed E-state index contributed by atoms with van der Waals surface area (Å²) in [6.07, 6.45) is 1.63. The first-order valence-electron chi connectivity index (χ1n) is 8.26. The molecule has 6 nitrogen and oxygen atoms in total. The zero-order valence-electron chi connectivity index (χ0n) is 14.2. The van der Waals surface area contributed by atoms with Gasteiger partial charge in [-0.15, -0.1) is 0 Å². The molecule has 7 heteroatoms. The lowest BCUT2D eigenvalue weighted by Gasteiger charge is -2.13. The standard InChI is InChI=1S/C20H16N2O4S/c23-19(24)13-22-12-11-15-7-3-9-17(20(15)22)21-27(25,26)18-10-4-6-14-5-1-2-8-16(14)18/h1-12,21H,13H2,(H,23,24). The van der Waals surface area contributed by atoms with Crippen LogP contribution in [0.15, 0.2) is 77.8 Å². The van der Waals surface area contributed by atoms with Crippen LogP contribution in [0.3, 0.4) is 0 Å². The molecular weight excluding hydrogens is 364 g/mol. The number of carboxylic acid groups (broad SMARTS) is 1.